The second kappa shape index (κ2) is 14.5. The van der Waals surface area contributed by atoms with Gasteiger partial charge in [0.1, 0.15) is 18.8 Å². The van der Waals surface area contributed by atoms with E-state index in [9.17, 15) is 9.59 Å². The van der Waals surface area contributed by atoms with Crippen LogP contribution in [0.5, 0.6) is 0 Å². The molecule has 1 aliphatic rings. The van der Waals surface area contributed by atoms with Crippen LogP contribution in [0.1, 0.15) is 78.1 Å². The summed E-state index contributed by atoms with van der Waals surface area (Å²) in [5.41, 5.74) is 0. The van der Waals surface area contributed by atoms with Crippen LogP contribution in [0.2, 0.25) is 0 Å². The van der Waals surface area contributed by atoms with Crippen LogP contribution in [-0.4, -0.2) is 49.4 Å². The predicted octanol–water partition coefficient (Wildman–Crippen LogP) is 5.16. The predicted molar refractivity (Wildman–Crippen MR) is 101 cm³/mol. The van der Waals surface area contributed by atoms with E-state index in [1.54, 1.807) is 0 Å². The summed E-state index contributed by atoms with van der Waals surface area (Å²) in [5.74, 6) is 0.793. The van der Waals surface area contributed by atoms with Gasteiger partial charge in [-0.1, -0.05) is 46.0 Å². The zero-order valence-corrected chi connectivity index (χ0v) is 16.8. The number of carbonyl (C=O) groups excluding carboxylic acids is 1. The molecule has 0 saturated heterocycles. The Kier molecular flexibility index (Phi) is 12.7. The Morgan fingerprint density at radius 3 is 2.07 bits per heavy atom. The van der Waals surface area contributed by atoms with E-state index < -0.39 is 12.3 Å². The smallest absolute Gasteiger partial charge is 0.450 e. The van der Waals surface area contributed by atoms with Crippen LogP contribution in [0.4, 0.5) is 9.59 Å². The third-order valence-electron chi connectivity index (χ3n) is 4.67. The molecule has 0 aromatic heterocycles. The highest BCUT2D eigenvalue weighted by atomic mass is 16.7. The quantitative estimate of drug-likeness (QED) is 0.344. The zero-order chi connectivity index (χ0) is 19.9. The van der Waals surface area contributed by atoms with Gasteiger partial charge in [0.05, 0.1) is 6.61 Å². The van der Waals surface area contributed by atoms with Gasteiger partial charge in [-0.25, -0.2) is 9.59 Å². The van der Waals surface area contributed by atoms with Gasteiger partial charge in [0, 0.05) is 6.61 Å². The molecule has 7 heteroatoms. The van der Waals surface area contributed by atoms with Gasteiger partial charge in [0.2, 0.25) is 0 Å². The van der Waals surface area contributed by atoms with E-state index in [1.165, 1.54) is 32.1 Å². The largest absolute Gasteiger partial charge is 0.508 e. The van der Waals surface area contributed by atoms with Crippen LogP contribution in [0.25, 0.3) is 0 Å². The lowest BCUT2D eigenvalue weighted by atomic mass is 9.95. The molecular formula is C20H36O7. The average Bonchev–Trinajstić information content (AvgIpc) is 2.60. The van der Waals surface area contributed by atoms with E-state index >= 15 is 0 Å². The molecule has 0 atom stereocenters. The molecule has 0 heterocycles. The molecule has 158 valence electrons. The standard InChI is InChI=1S/C20H36O7/c1-16(2)8-6-4-3-5-7-13-24-14-15-25-20(23)27-18-11-9-17(10-12-18)26-19(21)22/h16-18H,3-15H2,1-2H3,(H,21,22). The van der Waals surface area contributed by atoms with Gasteiger partial charge in [0.15, 0.2) is 0 Å². The Hall–Kier alpha value is -1.50. The zero-order valence-electron chi connectivity index (χ0n) is 16.8. The minimum atomic E-state index is -1.26. The van der Waals surface area contributed by atoms with Crippen molar-refractivity contribution < 1.29 is 33.6 Å². The Labute approximate surface area is 162 Å². The molecule has 1 fully saturated rings. The first-order valence-corrected chi connectivity index (χ1v) is 10.3. The first-order chi connectivity index (χ1) is 13.0. The topological polar surface area (TPSA) is 91.3 Å². The Morgan fingerprint density at radius 2 is 1.44 bits per heavy atom. The summed E-state index contributed by atoms with van der Waals surface area (Å²) in [6.07, 6.45) is 7.17. The fourth-order valence-electron chi connectivity index (χ4n) is 3.15. The molecule has 1 aliphatic carbocycles. The van der Waals surface area contributed by atoms with Crippen molar-refractivity contribution in [2.24, 2.45) is 5.92 Å². The molecule has 0 bridgehead atoms. The summed E-state index contributed by atoms with van der Waals surface area (Å²) in [7, 11) is 0. The number of carbonyl (C=O) groups is 2. The fraction of sp³-hybridized carbons (Fsp3) is 0.900. The van der Waals surface area contributed by atoms with Gasteiger partial charge < -0.3 is 24.1 Å². The molecule has 1 N–H and O–H groups in total. The van der Waals surface area contributed by atoms with Crippen molar-refractivity contribution >= 4 is 12.3 Å². The van der Waals surface area contributed by atoms with E-state index in [0.717, 1.165) is 12.3 Å². The van der Waals surface area contributed by atoms with Gasteiger partial charge in [-0.15, -0.1) is 0 Å². The maximum absolute atomic E-state index is 11.6. The van der Waals surface area contributed by atoms with Crippen molar-refractivity contribution in [1.29, 1.82) is 0 Å². The summed E-state index contributed by atoms with van der Waals surface area (Å²) >= 11 is 0. The van der Waals surface area contributed by atoms with E-state index in [1.807, 2.05) is 0 Å². The third-order valence-corrected chi connectivity index (χ3v) is 4.67. The molecule has 0 aromatic rings. The molecule has 27 heavy (non-hydrogen) atoms. The molecule has 0 radical (unpaired) electrons. The number of ether oxygens (including phenoxy) is 4. The second-order valence-electron chi connectivity index (χ2n) is 7.56. The fourth-order valence-corrected chi connectivity index (χ4v) is 3.15. The van der Waals surface area contributed by atoms with Gasteiger partial charge in [-0.3, -0.25) is 0 Å². The lowest BCUT2D eigenvalue weighted by Gasteiger charge is -2.26. The highest BCUT2D eigenvalue weighted by Crippen LogP contribution is 2.23. The molecular weight excluding hydrogens is 352 g/mol. The van der Waals surface area contributed by atoms with Crippen molar-refractivity contribution in [1.82, 2.24) is 0 Å². The van der Waals surface area contributed by atoms with Crippen LogP contribution in [0.3, 0.4) is 0 Å². The number of hydrogen-bond donors (Lipinski definition) is 1. The third kappa shape index (κ3) is 13.3. The summed E-state index contributed by atoms with van der Waals surface area (Å²) in [6.45, 7) is 5.77. The van der Waals surface area contributed by atoms with Crippen molar-refractivity contribution in [2.45, 2.75) is 90.3 Å². The number of rotatable bonds is 13. The van der Waals surface area contributed by atoms with Crippen molar-refractivity contribution in [3.63, 3.8) is 0 Å². The highest BCUT2D eigenvalue weighted by Gasteiger charge is 2.26. The van der Waals surface area contributed by atoms with Crippen LogP contribution in [-0.2, 0) is 18.9 Å². The van der Waals surface area contributed by atoms with Crippen LogP contribution in [0, 0.1) is 5.92 Å². The minimum Gasteiger partial charge on any atom is -0.450 e. The van der Waals surface area contributed by atoms with Crippen LogP contribution < -0.4 is 0 Å². The lowest BCUT2D eigenvalue weighted by Crippen LogP contribution is -2.29. The van der Waals surface area contributed by atoms with E-state index in [2.05, 4.69) is 13.8 Å². The molecule has 0 aromatic carbocycles. The summed E-state index contributed by atoms with van der Waals surface area (Å²) in [6, 6.07) is 0. The molecule has 0 amide bonds. The molecule has 7 nitrogen and oxygen atoms in total. The second-order valence-corrected chi connectivity index (χ2v) is 7.56. The van der Waals surface area contributed by atoms with Crippen molar-refractivity contribution in [3.05, 3.63) is 0 Å². The van der Waals surface area contributed by atoms with Crippen molar-refractivity contribution in [3.8, 4) is 0 Å². The highest BCUT2D eigenvalue weighted by molar-refractivity contribution is 5.60. The van der Waals surface area contributed by atoms with Crippen molar-refractivity contribution in [2.75, 3.05) is 19.8 Å². The van der Waals surface area contributed by atoms with E-state index in [0.29, 0.717) is 38.9 Å². The molecule has 1 rings (SSSR count). The SMILES string of the molecule is CC(C)CCCCCCCOCCOC(=O)OC1CCC(OC(=O)O)CC1. The monoisotopic (exact) mass is 388 g/mol. The Morgan fingerprint density at radius 1 is 0.852 bits per heavy atom. The van der Waals surface area contributed by atoms with Gasteiger partial charge in [0.25, 0.3) is 0 Å². The first kappa shape index (κ1) is 23.5. The van der Waals surface area contributed by atoms with E-state index in [4.69, 9.17) is 24.1 Å². The number of unbranched alkanes of at least 4 members (excludes halogenated alkanes) is 4. The maximum Gasteiger partial charge on any atom is 0.508 e. The Balaban J connectivity index is 1.88. The van der Waals surface area contributed by atoms with Gasteiger partial charge in [-0.2, -0.15) is 0 Å². The van der Waals surface area contributed by atoms with Gasteiger partial charge >= 0.3 is 12.3 Å². The maximum atomic E-state index is 11.6. The lowest BCUT2D eigenvalue weighted by molar-refractivity contribution is -0.0257. The summed E-state index contributed by atoms with van der Waals surface area (Å²) in [4.78, 5) is 22.1. The first-order valence-electron chi connectivity index (χ1n) is 10.3. The molecule has 0 unspecified atom stereocenters. The number of carboxylic acid groups (broad SMARTS) is 1. The minimum absolute atomic E-state index is 0.185. The summed E-state index contributed by atoms with van der Waals surface area (Å²) in [5, 5.41) is 8.58. The molecule has 0 spiro atoms. The molecule has 1 saturated carbocycles. The number of hydrogen-bond acceptors (Lipinski definition) is 6. The Bertz CT molecular complexity index is 403. The normalized spacial score (nSPS) is 19.7. The van der Waals surface area contributed by atoms with Crippen LogP contribution >= 0.6 is 0 Å². The van der Waals surface area contributed by atoms with Gasteiger partial charge in [-0.05, 0) is 38.0 Å². The average molecular weight is 389 g/mol. The summed E-state index contributed by atoms with van der Waals surface area (Å²) < 4.78 is 20.4. The van der Waals surface area contributed by atoms with E-state index in [-0.39, 0.29) is 18.8 Å². The van der Waals surface area contributed by atoms with Crippen LogP contribution in [0.15, 0.2) is 0 Å². The molecule has 0 aliphatic heterocycles.